The Bertz CT molecular complexity index is 924. The second-order valence-corrected chi connectivity index (χ2v) is 9.28. The predicted octanol–water partition coefficient (Wildman–Crippen LogP) is 2.71. The Morgan fingerprint density at radius 2 is 1.86 bits per heavy atom. The van der Waals surface area contributed by atoms with E-state index >= 15 is 0 Å². The van der Waals surface area contributed by atoms with Crippen LogP contribution in [-0.4, -0.2) is 44.7 Å². The number of ether oxygens (including phenoxy) is 1. The Hall–Kier alpha value is -2.30. The first-order valence-corrected chi connectivity index (χ1v) is 11.9. The van der Waals surface area contributed by atoms with Gasteiger partial charge < -0.3 is 4.74 Å². The van der Waals surface area contributed by atoms with E-state index in [9.17, 15) is 18.0 Å². The number of rotatable bonds is 11. The quantitative estimate of drug-likeness (QED) is 0.411. The first-order valence-electron chi connectivity index (χ1n) is 9.15. The number of carbonyl (C=O) groups is 2. The van der Waals surface area contributed by atoms with E-state index in [1.807, 2.05) is 36.6 Å². The molecule has 0 fully saturated rings. The fourth-order valence-corrected chi connectivity index (χ4v) is 3.64. The van der Waals surface area contributed by atoms with Crippen molar-refractivity contribution in [1.29, 1.82) is 0 Å². The van der Waals surface area contributed by atoms with Crippen LogP contribution in [0.2, 0.25) is 0 Å². The van der Waals surface area contributed by atoms with Crippen LogP contribution in [0.15, 0.2) is 29.6 Å². The predicted molar refractivity (Wildman–Crippen MR) is 113 cm³/mol. The molecule has 1 aromatic heterocycles. The van der Waals surface area contributed by atoms with Gasteiger partial charge >= 0.3 is 5.97 Å². The number of anilines is 1. The summed E-state index contributed by atoms with van der Waals surface area (Å²) in [6.07, 6.45) is 3.17. The molecule has 0 aliphatic heterocycles. The summed E-state index contributed by atoms with van der Waals surface area (Å²) in [7, 11) is -3.18. The van der Waals surface area contributed by atoms with Crippen molar-refractivity contribution >= 4 is 38.4 Å². The van der Waals surface area contributed by atoms with Crippen molar-refractivity contribution < 1.29 is 22.7 Å². The Kier molecular flexibility index (Phi) is 8.74. The second kappa shape index (κ2) is 11.0. The van der Waals surface area contributed by atoms with Crippen LogP contribution in [-0.2, 0) is 24.3 Å². The molecule has 1 amide bonds. The number of aryl methyl sites for hydroxylation is 1. The van der Waals surface area contributed by atoms with Gasteiger partial charge in [-0.2, -0.15) is 0 Å². The van der Waals surface area contributed by atoms with Crippen molar-refractivity contribution in [2.75, 3.05) is 24.7 Å². The van der Waals surface area contributed by atoms with E-state index in [1.54, 1.807) is 0 Å². The van der Waals surface area contributed by atoms with Gasteiger partial charge in [-0.3, -0.25) is 14.9 Å². The number of hydrogen-bond acceptors (Lipinski definition) is 7. The van der Waals surface area contributed by atoms with Crippen molar-refractivity contribution in [3.05, 3.63) is 35.2 Å². The van der Waals surface area contributed by atoms with Crippen LogP contribution in [0.5, 0.6) is 0 Å². The molecule has 0 spiro atoms. The molecular formula is C19H25N3O5S2. The Morgan fingerprint density at radius 3 is 2.55 bits per heavy atom. The standard InChI is InChI=1S/C19H25N3O5S2/c1-14-7-9-15(10-8-14)16-13-28-19(21-16)22-17(23)12-27-18(24)6-4-3-5-11-20-29(2,25)26/h7-10,13,20H,3-6,11-12H2,1-2H3,(H,21,22,23). The van der Waals surface area contributed by atoms with E-state index < -0.39 is 21.9 Å². The van der Waals surface area contributed by atoms with Crippen molar-refractivity contribution in [3.8, 4) is 11.3 Å². The molecule has 0 aliphatic rings. The van der Waals surface area contributed by atoms with Gasteiger partial charge in [0.1, 0.15) is 0 Å². The minimum Gasteiger partial charge on any atom is -0.456 e. The highest BCUT2D eigenvalue weighted by atomic mass is 32.2. The fraction of sp³-hybridized carbons (Fsp3) is 0.421. The maximum atomic E-state index is 11.9. The summed E-state index contributed by atoms with van der Waals surface area (Å²) in [6.45, 7) is 1.98. The van der Waals surface area contributed by atoms with Crippen molar-refractivity contribution in [2.24, 2.45) is 0 Å². The lowest BCUT2D eigenvalue weighted by atomic mass is 10.1. The zero-order chi connectivity index (χ0) is 21.3. The van der Waals surface area contributed by atoms with Crippen molar-refractivity contribution in [1.82, 2.24) is 9.71 Å². The van der Waals surface area contributed by atoms with E-state index in [0.29, 0.717) is 30.9 Å². The van der Waals surface area contributed by atoms with Crippen LogP contribution in [0.25, 0.3) is 11.3 Å². The monoisotopic (exact) mass is 439 g/mol. The largest absolute Gasteiger partial charge is 0.456 e. The van der Waals surface area contributed by atoms with Gasteiger partial charge in [-0.15, -0.1) is 11.3 Å². The van der Waals surface area contributed by atoms with Crippen LogP contribution in [0, 0.1) is 6.92 Å². The molecule has 1 aromatic carbocycles. The van der Waals surface area contributed by atoms with E-state index in [1.165, 1.54) is 11.3 Å². The third kappa shape index (κ3) is 9.16. The number of benzene rings is 1. The number of thiazole rings is 1. The van der Waals surface area contributed by atoms with Crippen molar-refractivity contribution in [3.63, 3.8) is 0 Å². The Morgan fingerprint density at radius 1 is 1.14 bits per heavy atom. The molecule has 158 valence electrons. The van der Waals surface area contributed by atoms with Gasteiger partial charge in [-0.25, -0.2) is 18.1 Å². The smallest absolute Gasteiger partial charge is 0.306 e. The van der Waals surface area contributed by atoms with Gasteiger partial charge in [0.25, 0.3) is 5.91 Å². The summed E-state index contributed by atoms with van der Waals surface area (Å²) < 4.78 is 29.2. The van der Waals surface area contributed by atoms with Gasteiger partial charge in [0.15, 0.2) is 11.7 Å². The number of esters is 1. The molecule has 0 unspecified atom stereocenters. The molecule has 0 aliphatic carbocycles. The minimum atomic E-state index is -3.18. The maximum Gasteiger partial charge on any atom is 0.306 e. The number of carbonyl (C=O) groups excluding carboxylic acids is 2. The summed E-state index contributed by atoms with van der Waals surface area (Å²) in [6, 6.07) is 7.92. The molecule has 0 saturated carbocycles. The molecule has 29 heavy (non-hydrogen) atoms. The van der Waals surface area contributed by atoms with Gasteiger partial charge in [0, 0.05) is 23.9 Å². The Balaban J connectivity index is 1.64. The number of aromatic nitrogens is 1. The van der Waals surface area contributed by atoms with E-state index in [-0.39, 0.29) is 13.0 Å². The minimum absolute atomic E-state index is 0.182. The number of nitrogens with zero attached hydrogens (tertiary/aromatic N) is 1. The maximum absolute atomic E-state index is 11.9. The highest BCUT2D eigenvalue weighted by molar-refractivity contribution is 7.88. The third-order valence-electron chi connectivity index (χ3n) is 3.88. The molecule has 0 atom stereocenters. The van der Waals surface area contributed by atoms with Crippen molar-refractivity contribution in [2.45, 2.75) is 32.6 Å². The summed E-state index contributed by atoms with van der Waals surface area (Å²) in [5.41, 5.74) is 2.89. The molecule has 8 nitrogen and oxygen atoms in total. The van der Waals surface area contributed by atoms with Gasteiger partial charge in [-0.1, -0.05) is 36.2 Å². The summed E-state index contributed by atoms with van der Waals surface area (Å²) in [5.74, 6) is -0.906. The summed E-state index contributed by atoms with van der Waals surface area (Å²) >= 11 is 1.30. The average Bonchev–Trinajstić information content (AvgIpc) is 3.11. The molecule has 2 aromatic rings. The van der Waals surface area contributed by atoms with E-state index in [0.717, 1.165) is 23.1 Å². The number of sulfonamides is 1. The number of amides is 1. The first-order chi connectivity index (χ1) is 13.7. The summed E-state index contributed by atoms with van der Waals surface area (Å²) in [5, 5.41) is 4.92. The number of hydrogen-bond donors (Lipinski definition) is 2. The van der Waals surface area contributed by atoms with E-state index in [4.69, 9.17) is 4.74 Å². The number of unbranched alkanes of at least 4 members (excludes halogenated alkanes) is 2. The van der Waals surface area contributed by atoms with Crippen LogP contribution in [0.3, 0.4) is 0 Å². The first kappa shape index (κ1) is 23.0. The van der Waals surface area contributed by atoms with Crippen LogP contribution in [0.4, 0.5) is 5.13 Å². The average molecular weight is 440 g/mol. The molecule has 10 heteroatoms. The molecule has 1 heterocycles. The van der Waals surface area contributed by atoms with Gasteiger partial charge in [-0.05, 0) is 19.8 Å². The molecular weight excluding hydrogens is 414 g/mol. The molecule has 0 bridgehead atoms. The Labute approximate surface area is 174 Å². The van der Waals surface area contributed by atoms with Gasteiger partial charge in [0.05, 0.1) is 11.9 Å². The molecule has 2 N–H and O–H groups in total. The molecule has 0 saturated heterocycles. The fourth-order valence-electron chi connectivity index (χ4n) is 2.39. The number of nitrogens with one attached hydrogen (secondary N) is 2. The lowest BCUT2D eigenvalue weighted by Gasteiger charge is -2.05. The van der Waals surface area contributed by atoms with Crippen LogP contribution in [0.1, 0.15) is 31.2 Å². The third-order valence-corrected chi connectivity index (χ3v) is 5.37. The van der Waals surface area contributed by atoms with E-state index in [2.05, 4.69) is 15.0 Å². The molecule has 0 radical (unpaired) electrons. The van der Waals surface area contributed by atoms with Gasteiger partial charge in [0.2, 0.25) is 10.0 Å². The normalized spacial score (nSPS) is 11.2. The highest BCUT2D eigenvalue weighted by Crippen LogP contribution is 2.25. The lowest BCUT2D eigenvalue weighted by Crippen LogP contribution is -2.23. The molecule has 2 rings (SSSR count). The topological polar surface area (TPSA) is 114 Å². The highest BCUT2D eigenvalue weighted by Gasteiger charge is 2.11. The van der Waals surface area contributed by atoms with Crippen LogP contribution >= 0.6 is 11.3 Å². The van der Waals surface area contributed by atoms with Crippen LogP contribution < -0.4 is 10.0 Å². The zero-order valence-electron chi connectivity index (χ0n) is 16.4. The zero-order valence-corrected chi connectivity index (χ0v) is 18.1. The lowest BCUT2D eigenvalue weighted by molar-refractivity contribution is -0.147. The SMILES string of the molecule is Cc1ccc(-c2csc(NC(=O)COC(=O)CCCCCNS(C)(=O)=O)n2)cc1. The second-order valence-electron chi connectivity index (χ2n) is 6.59. The summed E-state index contributed by atoms with van der Waals surface area (Å²) in [4.78, 5) is 28.0.